The first-order valence-electron chi connectivity index (χ1n) is 8.75. The molecule has 0 fully saturated rings. The predicted molar refractivity (Wildman–Crippen MR) is 101 cm³/mol. The van der Waals surface area contributed by atoms with Crippen molar-refractivity contribution >= 4 is 12.0 Å². The summed E-state index contributed by atoms with van der Waals surface area (Å²) >= 11 is 0. The van der Waals surface area contributed by atoms with Crippen molar-refractivity contribution in [1.29, 1.82) is 0 Å². The average molecular weight is 366 g/mol. The van der Waals surface area contributed by atoms with Gasteiger partial charge in [0.05, 0.1) is 18.7 Å². The van der Waals surface area contributed by atoms with Gasteiger partial charge in [-0.2, -0.15) is 0 Å². The molecule has 27 heavy (non-hydrogen) atoms. The second kappa shape index (κ2) is 7.95. The van der Waals surface area contributed by atoms with Crippen molar-refractivity contribution in [3.63, 3.8) is 0 Å². The first kappa shape index (κ1) is 18.5. The van der Waals surface area contributed by atoms with Gasteiger partial charge in [-0.1, -0.05) is 31.2 Å². The van der Waals surface area contributed by atoms with Crippen LogP contribution < -0.4 is 15.4 Å². The zero-order chi connectivity index (χ0) is 19.4. The fourth-order valence-electron chi connectivity index (χ4n) is 3.04. The Labute approximate surface area is 158 Å². The molecule has 0 saturated heterocycles. The highest BCUT2D eigenvalue weighted by Crippen LogP contribution is 2.30. The summed E-state index contributed by atoms with van der Waals surface area (Å²) in [5, 5.41) is 5.47. The molecule has 6 nitrogen and oxygen atoms in total. The second-order valence-corrected chi connectivity index (χ2v) is 6.26. The molecule has 0 saturated carbocycles. The maximum Gasteiger partial charge on any atom is 0.337 e. The number of allylic oxidation sites excluding steroid dienone is 1. The Hall–Kier alpha value is -3.28. The Kier molecular flexibility index (Phi) is 5.45. The third kappa shape index (κ3) is 4.11. The van der Waals surface area contributed by atoms with E-state index in [-0.39, 0.29) is 6.03 Å². The number of urea groups is 1. The fraction of sp³-hybridized carbons (Fsp3) is 0.238. The molecule has 1 heterocycles. The zero-order valence-corrected chi connectivity index (χ0v) is 15.5. The summed E-state index contributed by atoms with van der Waals surface area (Å²) in [7, 11) is 1.33. The Morgan fingerprint density at radius 3 is 2.48 bits per heavy atom. The van der Waals surface area contributed by atoms with Gasteiger partial charge in [0.25, 0.3) is 0 Å². The SMILES string of the molecule is CCC1=C(C(=O)OC)C(c2ccc(Oc3cccc(C)c3)cc2)NC(=O)N1. The number of hydrogen-bond donors (Lipinski definition) is 2. The van der Waals surface area contributed by atoms with E-state index in [9.17, 15) is 9.59 Å². The van der Waals surface area contributed by atoms with Crippen LogP contribution in [0.25, 0.3) is 0 Å². The highest BCUT2D eigenvalue weighted by molar-refractivity contribution is 5.95. The fourth-order valence-corrected chi connectivity index (χ4v) is 3.04. The monoisotopic (exact) mass is 366 g/mol. The summed E-state index contributed by atoms with van der Waals surface area (Å²) in [6.07, 6.45) is 0.517. The van der Waals surface area contributed by atoms with Crippen LogP contribution in [-0.4, -0.2) is 19.1 Å². The minimum Gasteiger partial charge on any atom is -0.466 e. The smallest absolute Gasteiger partial charge is 0.337 e. The molecule has 1 aliphatic heterocycles. The van der Waals surface area contributed by atoms with Gasteiger partial charge < -0.3 is 20.1 Å². The van der Waals surface area contributed by atoms with Gasteiger partial charge in [0.15, 0.2) is 0 Å². The van der Waals surface area contributed by atoms with E-state index in [2.05, 4.69) is 10.6 Å². The highest BCUT2D eigenvalue weighted by atomic mass is 16.5. The summed E-state index contributed by atoms with van der Waals surface area (Å²) in [4.78, 5) is 24.2. The number of methoxy groups -OCH3 is 1. The molecule has 2 amide bonds. The van der Waals surface area contributed by atoms with E-state index < -0.39 is 12.0 Å². The van der Waals surface area contributed by atoms with Gasteiger partial charge in [-0.05, 0) is 48.7 Å². The Morgan fingerprint density at radius 2 is 1.85 bits per heavy atom. The normalized spacial score (nSPS) is 16.4. The first-order valence-corrected chi connectivity index (χ1v) is 8.75. The van der Waals surface area contributed by atoms with Gasteiger partial charge in [-0.3, -0.25) is 0 Å². The number of amides is 2. The molecule has 0 bridgehead atoms. The van der Waals surface area contributed by atoms with E-state index in [1.54, 1.807) is 0 Å². The summed E-state index contributed by atoms with van der Waals surface area (Å²) < 4.78 is 10.8. The highest BCUT2D eigenvalue weighted by Gasteiger charge is 2.32. The lowest BCUT2D eigenvalue weighted by atomic mass is 9.94. The van der Waals surface area contributed by atoms with Crippen LogP contribution in [0.15, 0.2) is 59.8 Å². The number of esters is 1. The lowest BCUT2D eigenvalue weighted by Crippen LogP contribution is -2.45. The summed E-state index contributed by atoms with van der Waals surface area (Å²) in [6.45, 7) is 3.88. The third-order valence-corrected chi connectivity index (χ3v) is 4.35. The molecule has 0 aliphatic carbocycles. The molecule has 140 valence electrons. The minimum absolute atomic E-state index is 0.343. The van der Waals surface area contributed by atoms with Gasteiger partial charge >= 0.3 is 12.0 Å². The average Bonchev–Trinajstić information content (AvgIpc) is 2.67. The van der Waals surface area contributed by atoms with Crippen LogP contribution in [0.1, 0.15) is 30.5 Å². The number of benzene rings is 2. The lowest BCUT2D eigenvalue weighted by molar-refractivity contribution is -0.136. The predicted octanol–water partition coefficient (Wildman–Crippen LogP) is 3.98. The van der Waals surface area contributed by atoms with Crippen molar-refractivity contribution in [2.45, 2.75) is 26.3 Å². The van der Waals surface area contributed by atoms with Crippen LogP contribution in [0.4, 0.5) is 4.79 Å². The number of rotatable bonds is 5. The number of aryl methyl sites for hydroxylation is 1. The molecule has 2 aromatic carbocycles. The van der Waals surface area contributed by atoms with E-state index in [0.717, 1.165) is 16.9 Å². The summed E-state index contributed by atoms with van der Waals surface area (Å²) in [5.41, 5.74) is 2.86. The number of hydrogen-bond acceptors (Lipinski definition) is 4. The van der Waals surface area contributed by atoms with Crippen molar-refractivity contribution in [1.82, 2.24) is 10.6 Å². The van der Waals surface area contributed by atoms with Gasteiger partial charge in [0, 0.05) is 5.70 Å². The number of ether oxygens (including phenoxy) is 2. The molecular weight excluding hydrogens is 344 g/mol. The van der Waals surface area contributed by atoms with Gasteiger partial charge in [0.2, 0.25) is 0 Å². The molecule has 2 N–H and O–H groups in total. The number of nitrogens with one attached hydrogen (secondary N) is 2. The quantitative estimate of drug-likeness (QED) is 0.785. The molecule has 1 aliphatic rings. The Bertz CT molecular complexity index is 887. The molecular formula is C21H22N2O4. The van der Waals surface area contributed by atoms with Crippen molar-refractivity contribution < 1.29 is 19.1 Å². The standard InChI is InChI=1S/C21H22N2O4/c1-4-17-18(20(24)26-3)19(23-21(25)22-17)14-8-10-15(11-9-14)27-16-7-5-6-13(2)12-16/h5-12,19H,4H2,1-3H3,(H2,22,23,25). The van der Waals surface area contributed by atoms with Gasteiger partial charge in [0.1, 0.15) is 11.5 Å². The van der Waals surface area contributed by atoms with Crippen LogP contribution >= 0.6 is 0 Å². The van der Waals surface area contributed by atoms with Crippen LogP contribution in [0.5, 0.6) is 11.5 Å². The van der Waals surface area contributed by atoms with Crippen LogP contribution in [-0.2, 0) is 9.53 Å². The van der Waals surface area contributed by atoms with E-state index >= 15 is 0 Å². The number of carbonyl (C=O) groups is 2. The maximum atomic E-state index is 12.3. The van der Waals surface area contributed by atoms with Crippen molar-refractivity contribution in [2.75, 3.05) is 7.11 Å². The maximum absolute atomic E-state index is 12.3. The van der Waals surface area contributed by atoms with Crippen LogP contribution in [0, 0.1) is 6.92 Å². The topological polar surface area (TPSA) is 76.7 Å². The number of carbonyl (C=O) groups excluding carboxylic acids is 2. The van der Waals surface area contributed by atoms with E-state index in [0.29, 0.717) is 23.4 Å². The van der Waals surface area contributed by atoms with E-state index in [1.807, 2.05) is 62.4 Å². The van der Waals surface area contributed by atoms with Crippen molar-refractivity contribution in [2.24, 2.45) is 0 Å². The van der Waals surface area contributed by atoms with Crippen molar-refractivity contribution in [3.8, 4) is 11.5 Å². The molecule has 3 rings (SSSR count). The molecule has 0 spiro atoms. The van der Waals surface area contributed by atoms with Crippen molar-refractivity contribution in [3.05, 3.63) is 70.9 Å². The first-order chi connectivity index (χ1) is 13.0. The molecule has 1 unspecified atom stereocenters. The molecule has 0 aromatic heterocycles. The van der Waals surface area contributed by atoms with E-state index in [1.165, 1.54) is 7.11 Å². The summed E-state index contributed by atoms with van der Waals surface area (Å²) in [5.74, 6) is 0.953. The Balaban J connectivity index is 1.88. The van der Waals surface area contributed by atoms with Gasteiger partial charge in [-0.15, -0.1) is 0 Å². The molecule has 0 radical (unpaired) electrons. The third-order valence-electron chi connectivity index (χ3n) is 4.35. The molecule has 1 atom stereocenters. The molecule has 2 aromatic rings. The summed E-state index contributed by atoms with van der Waals surface area (Å²) in [6, 6.07) is 14.1. The minimum atomic E-state index is -0.575. The van der Waals surface area contributed by atoms with E-state index in [4.69, 9.17) is 9.47 Å². The largest absolute Gasteiger partial charge is 0.466 e. The second-order valence-electron chi connectivity index (χ2n) is 6.26. The Morgan fingerprint density at radius 1 is 1.11 bits per heavy atom. The zero-order valence-electron chi connectivity index (χ0n) is 15.5. The van der Waals surface area contributed by atoms with Crippen LogP contribution in [0.3, 0.4) is 0 Å². The molecule has 6 heteroatoms. The lowest BCUT2D eigenvalue weighted by Gasteiger charge is -2.28. The van der Waals surface area contributed by atoms with Gasteiger partial charge in [-0.25, -0.2) is 9.59 Å². The van der Waals surface area contributed by atoms with Crippen LogP contribution in [0.2, 0.25) is 0 Å².